The first-order chi connectivity index (χ1) is 15.6. The van der Waals surface area contributed by atoms with Crippen LogP contribution >= 0.6 is 0 Å². The van der Waals surface area contributed by atoms with Crippen LogP contribution in [0.15, 0.2) is 54.9 Å². The molecular weight excluding hydrogens is 406 g/mol. The summed E-state index contributed by atoms with van der Waals surface area (Å²) in [5.74, 6) is 1.52. The lowest BCUT2D eigenvalue weighted by Crippen LogP contribution is -2.38. The molecule has 7 heteroatoms. The molecule has 1 saturated carbocycles. The van der Waals surface area contributed by atoms with Crippen molar-refractivity contribution >= 4 is 10.8 Å². The Balaban J connectivity index is 1.24. The topological polar surface area (TPSA) is 98.9 Å². The molecule has 2 aliphatic rings. The molecule has 0 bridgehead atoms. The van der Waals surface area contributed by atoms with E-state index >= 15 is 0 Å². The van der Waals surface area contributed by atoms with Gasteiger partial charge in [0.05, 0.1) is 24.6 Å². The normalized spacial score (nSPS) is 26.7. The number of β-amino-alcohol motifs (C(OH)–C–C–N with tert-alkyl or cyclic N) is 1. The van der Waals surface area contributed by atoms with Gasteiger partial charge in [-0.25, -0.2) is 0 Å². The van der Waals surface area contributed by atoms with Gasteiger partial charge in [-0.1, -0.05) is 24.3 Å². The molecule has 1 aliphatic heterocycles. The predicted octanol–water partition coefficient (Wildman–Crippen LogP) is 2.10. The van der Waals surface area contributed by atoms with Gasteiger partial charge in [0.15, 0.2) is 0 Å². The molecule has 1 aliphatic carbocycles. The molecule has 0 amide bonds. The highest BCUT2D eigenvalue weighted by Gasteiger charge is 2.41. The molecule has 5 rings (SSSR count). The molecule has 7 nitrogen and oxygen atoms in total. The number of hydrogen-bond acceptors (Lipinski definition) is 7. The second-order valence-corrected chi connectivity index (χ2v) is 9.10. The van der Waals surface area contributed by atoms with Crippen LogP contribution in [-0.2, 0) is 0 Å². The van der Waals surface area contributed by atoms with Crippen LogP contribution in [0, 0.1) is 11.8 Å². The minimum atomic E-state index is -0.622. The summed E-state index contributed by atoms with van der Waals surface area (Å²) in [4.78, 5) is 2.23. The largest absolute Gasteiger partial charge is 0.490 e. The van der Waals surface area contributed by atoms with Gasteiger partial charge in [0.25, 0.3) is 0 Å². The van der Waals surface area contributed by atoms with Crippen LogP contribution in [0.2, 0.25) is 0 Å². The number of fused-ring (bicyclic) bond motifs is 2. The minimum absolute atomic E-state index is 0.206. The van der Waals surface area contributed by atoms with E-state index in [-0.39, 0.29) is 6.61 Å². The number of ether oxygens (including phenoxy) is 1. The van der Waals surface area contributed by atoms with Crippen molar-refractivity contribution in [2.75, 3.05) is 26.2 Å². The van der Waals surface area contributed by atoms with E-state index < -0.39 is 18.3 Å². The summed E-state index contributed by atoms with van der Waals surface area (Å²) in [5, 5.41) is 40.4. The number of aromatic nitrogens is 2. The van der Waals surface area contributed by atoms with Gasteiger partial charge in [-0.3, -0.25) is 0 Å². The Morgan fingerprint density at radius 3 is 2.34 bits per heavy atom. The minimum Gasteiger partial charge on any atom is -0.490 e. The molecule has 32 heavy (non-hydrogen) atoms. The zero-order valence-corrected chi connectivity index (χ0v) is 17.9. The van der Waals surface area contributed by atoms with Gasteiger partial charge in [0.1, 0.15) is 18.5 Å². The second kappa shape index (κ2) is 9.11. The molecular formula is C25H29N3O4. The van der Waals surface area contributed by atoms with Gasteiger partial charge in [-0.15, -0.1) is 0 Å². The molecule has 5 atom stereocenters. The lowest BCUT2D eigenvalue weighted by atomic mass is 9.79. The van der Waals surface area contributed by atoms with Crippen molar-refractivity contribution in [1.82, 2.24) is 15.1 Å². The first-order valence-electron chi connectivity index (χ1n) is 11.3. The van der Waals surface area contributed by atoms with Crippen LogP contribution in [0.4, 0.5) is 0 Å². The van der Waals surface area contributed by atoms with E-state index in [2.05, 4.69) is 21.2 Å². The summed E-state index contributed by atoms with van der Waals surface area (Å²) in [6.07, 6.45) is 2.85. The van der Waals surface area contributed by atoms with Crippen molar-refractivity contribution in [3.8, 4) is 16.9 Å². The number of aliphatic hydroxyl groups is 3. The Bertz CT molecular complexity index is 1050. The smallest absolute Gasteiger partial charge is 0.127 e. The molecule has 2 aromatic carbocycles. The Kier molecular flexibility index (Phi) is 6.06. The second-order valence-electron chi connectivity index (χ2n) is 9.10. The van der Waals surface area contributed by atoms with Crippen molar-refractivity contribution in [3.63, 3.8) is 0 Å². The Morgan fingerprint density at radius 1 is 0.938 bits per heavy atom. The fraction of sp³-hybridized carbons (Fsp3) is 0.440. The fourth-order valence-electron chi connectivity index (χ4n) is 5.29. The number of benzene rings is 2. The third-order valence-corrected chi connectivity index (χ3v) is 6.86. The average molecular weight is 436 g/mol. The molecule has 168 valence electrons. The van der Waals surface area contributed by atoms with Crippen LogP contribution < -0.4 is 4.74 Å². The van der Waals surface area contributed by atoms with Crippen LogP contribution in [0.3, 0.4) is 0 Å². The highest BCUT2D eigenvalue weighted by Crippen LogP contribution is 2.37. The van der Waals surface area contributed by atoms with E-state index in [4.69, 9.17) is 4.74 Å². The Hall–Kier alpha value is -2.58. The van der Waals surface area contributed by atoms with E-state index in [9.17, 15) is 15.3 Å². The third-order valence-electron chi connectivity index (χ3n) is 6.86. The maximum atomic E-state index is 10.6. The highest BCUT2D eigenvalue weighted by molar-refractivity contribution is 5.99. The maximum absolute atomic E-state index is 10.6. The van der Waals surface area contributed by atoms with Crippen LogP contribution in [0.5, 0.6) is 5.75 Å². The average Bonchev–Trinajstić information content (AvgIpc) is 3.19. The Morgan fingerprint density at radius 2 is 1.66 bits per heavy atom. The van der Waals surface area contributed by atoms with Crippen LogP contribution in [0.25, 0.3) is 21.9 Å². The van der Waals surface area contributed by atoms with Gasteiger partial charge < -0.3 is 25.0 Å². The zero-order chi connectivity index (χ0) is 22.1. The summed E-state index contributed by atoms with van der Waals surface area (Å²) >= 11 is 0. The molecule has 0 spiro atoms. The van der Waals surface area contributed by atoms with Gasteiger partial charge in [0.2, 0.25) is 0 Å². The molecule has 2 heterocycles. The predicted molar refractivity (Wildman–Crippen MR) is 121 cm³/mol. The summed E-state index contributed by atoms with van der Waals surface area (Å²) in [7, 11) is 0. The quantitative estimate of drug-likeness (QED) is 0.545. The summed E-state index contributed by atoms with van der Waals surface area (Å²) in [6.45, 7) is 2.43. The highest BCUT2D eigenvalue weighted by atomic mass is 16.5. The van der Waals surface area contributed by atoms with Gasteiger partial charge >= 0.3 is 0 Å². The van der Waals surface area contributed by atoms with Crippen molar-refractivity contribution in [1.29, 1.82) is 0 Å². The molecule has 1 saturated heterocycles. The molecule has 3 N–H and O–H groups in total. The standard InChI is InChI=1S/C25H29N3O4/c29-19(14-28-12-17-9-23(30)24(31)10-18(17)13-28)15-32-25-6-5-20(16-7-8-26-27-11-16)21-3-1-2-4-22(21)25/h1-8,11,17-19,23-24,29-31H,9-10,12-15H2/t17-,18+,19?,23+,24-. The van der Waals surface area contributed by atoms with Crippen molar-refractivity contribution in [3.05, 3.63) is 54.9 Å². The molecule has 0 radical (unpaired) electrons. The lowest BCUT2D eigenvalue weighted by molar-refractivity contribution is -0.0372. The summed E-state index contributed by atoms with van der Waals surface area (Å²) in [6, 6.07) is 14.0. The number of hydrogen-bond donors (Lipinski definition) is 3. The molecule has 1 aromatic heterocycles. The maximum Gasteiger partial charge on any atom is 0.127 e. The van der Waals surface area contributed by atoms with E-state index in [1.165, 1.54) is 0 Å². The SMILES string of the molecule is OC(COc1ccc(-c2ccnnc2)c2ccccc12)CN1C[C@H]2C[C@H](O)[C@H](O)C[C@H]2C1. The van der Waals surface area contributed by atoms with E-state index in [0.29, 0.717) is 31.2 Å². The number of nitrogens with zero attached hydrogens (tertiary/aromatic N) is 3. The monoisotopic (exact) mass is 435 g/mol. The fourth-order valence-corrected chi connectivity index (χ4v) is 5.29. The molecule has 2 fully saturated rings. The third kappa shape index (κ3) is 4.34. The Labute approximate surface area is 187 Å². The van der Waals surface area contributed by atoms with Crippen molar-refractivity contribution < 1.29 is 20.1 Å². The van der Waals surface area contributed by atoms with Gasteiger partial charge in [-0.05, 0) is 53.8 Å². The van der Waals surface area contributed by atoms with Crippen LogP contribution in [0.1, 0.15) is 12.8 Å². The van der Waals surface area contributed by atoms with E-state index in [1.807, 2.05) is 36.4 Å². The van der Waals surface area contributed by atoms with Crippen molar-refractivity contribution in [2.24, 2.45) is 11.8 Å². The first kappa shape index (κ1) is 21.3. The number of rotatable bonds is 6. The molecule has 1 unspecified atom stereocenters. The van der Waals surface area contributed by atoms with Gasteiger partial charge in [0, 0.05) is 30.6 Å². The molecule has 3 aromatic rings. The van der Waals surface area contributed by atoms with Crippen molar-refractivity contribution in [2.45, 2.75) is 31.2 Å². The van der Waals surface area contributed by atoms with Crippen LogP contribution in [-0.4, -0.2) is 75.0 Å². The lowest BCUT2D eigenvalue weighted by Gasteiger charge is -2.32. The first-order valence-corrected chi connectivity index (χ1v) is 11.3. The number of likely N-dealkylation sites (tertiary alicyclic amines) is 1. The summed E-state index contributed by atoms with van der Waals surface area (Å²) < 4.78 is 6.05. The van der Waals surface area contributed by atoms with E-state index in [0.717, 1.165) is 40.7 Å². The number of aliphatic hydroxyl groups excluding tert-OH is 3. The summed E-state index contributed by atoms with van der Waals surface area (Å²) in [5.41, 5.74) is 2.06. The van der Waals surface area contributed by atoms with Gasteiger partial charge in [-0.2, -0.15) is 10.2 Å². The zero-order valence-electron chi connectivity index (χ0n) is 17.9. The van der Waals surface area contributed by atoms with E-state index in [1.54, 1.807) is 12.4 Å².